The number of halogens is 4. The second kappa shape index (κ2) is 4.65. The minimum Gasteiger partial charge on any atom is -0.380 e. The number of benzene rings is 1. The summed E-state index contributed by atoms with van der Waals surface area (Å²) in [5.41, 5.74) is 0.103. The summed E-state index contributed by atoms with van der Waals surface area (Å²) in [6.45, 7) is 0. The van der Waals surface area contributed by atoms with Crippen molar-refractivity contribution >= 4 is 22.2 Å². The Kier molecular flexibility index (Phi) is 3.73. The third-order valence-corrected chi connectivity index (χ3v) is 1.93. The third-order valence-electron chi connectivity index (χ3n) is 1.64. The second-order valence-electron chi connectivity index (χ2n) is 2.86. The van der Waals surface area contributed by atoms with Crippen molar-refractivity contribution in [2.24, 2.45) is 0 Å². The average molecular weight is 283 g/mol. The molecule has 0 saturated carbocycles. The van der Waals surface area contributed by atoms with Crippen LogP contribution in [0, 0.1) is 0 Å². The van der Waals surface area contributed by atoms with Crippen LogP contribution < -0.4 is 0 Å². The van der Waals surface area contributed by atoms with Gasteiger partial charge in [0.25, 0.3) is 0 Å². The van der Waals surface area contributed by atoms with Crippen LogP contribution >= 0.6 is 16.3 Å². The second-order valence-corrected chi connectivity index (χ2v) is 3.18. The van der Waals surface area contributed by atoms with Crippen molar-refractivity contribution in [3.8, 4) is 0 Å². The first kappa shape index (κ1) is 12.0. The molecule has 6 heteroatoms. The largest absolute Gasteiger partial charge is 0.393 e. The van der Waals surface area contributed by atoms with Crippen LogP contribution in [0.25, 0.3) is 0 Å². The lowest BCUT2D eigenvalue weighted by Crippen LogP contribution is -2.12. The van der Waals surface area contributed by atoms with E-state index in [9.17, 15) is 18.0 Å². The summed E-state index contributed by atoms with van der Waals surface area (Å²) in [4.78, 5) is 11.0. The lowest BCUT2D eigenvalue weighted by Gasteiger charge is -2.06. The van der Waals surface area contributed by atoms with Gasteiger partial charge in [0, 0.05) is 0 Å². The molecule has 0 N–H and O–H groups in total. The van der Waals surface area contributed by atoms with Gasteiger partial charge in [-0.15, -0.1) is 0 Å². The molecule has 0 aliphatic rings. The molecule has 0 radical (unpaired) electrons. The number of carbonyl (C=O) groups is 1. The normalized spacial score (nSPS) is 11.2. The zero-order valence-electron chi connectivity index (χ0n) is 7.34. The van der Waals surface area contributed by atoms with Gasteiger partial charge in [-0.25, -0.2) is 4.79 Å². The average Bonchev–Trinajstić information content (AvgIpc) is 2.14. The molecule has 0 spiro atoms. The van der Waals surface area contributed by atoms with E-state index in [1.165, 1.54) is 18.2 Å². The summed E-state index contributed by atoms with van der Waals surface area (Å²) in [6, 6.07) is 5.21. The molecule has 0 unspecified atom stereocenters. The Labute approximate surface area is 92.5 Å². The number of hydrogen-bond acceptors (Lipinski definition) is 2. The molecule has 15 heavy (non-hydrogen) atoms. The maximum absolute atomic E-state index is 12.0. The van der Waals surface area contributed by atoms with Crippen molar-refractivity contribution in [2.45, 2.75) is 12.6 Å². The highest BCUT2D eigenvalue weighted by Crippen LogP contribution is 2.21. The van der Waals surface area contributed by atoms with Gasteiger partial charge in [0.2, 0.25) is 0 Å². The van der Waals surface area contributed by atoms with E-state index in [-0.39, 0.29) is 11.1 Å². The molecular weight excluding hydrogens is 277 g/mol. The Morgan fingerprint density at radius 1 is 1.40 bits per heavy atom. The molecule has 0 aliphatic carbocycles. The molecule has 0 aliphatic heterocycles. The van der Waals surface area contributed by atoms with Crippen LogP contribution in [-0.2, 0) is 10.2 Å². The highest BCUT2D eigenvalue weighted by molar-refractivity contribution is 9.06. The SMILES string of the molecule is O=C(OBr)c1cccc(CC(F)(F)F)c1. The Balaban J connectivity index is 2.88. The maximum Gasteiger partial charge on any atom is 0.393 e. The molecule has 1 rings (SSSR count). The summed E-state index contributed by atoms with van der Waals surface area (Å²) in [7, 11) is 0. The smallest absolute Gasteiger partial charge is 0.380 e. The van der Waals surface area contributed by atoms with Crippen molar-refractivity contribution in [3.05, 3.63) is 35.4 Å². The summed E-state index contributed by atoms with van der Waals surface area (Å²) in [5.74, 6) is -0.723. The zero-order chi connectivity index (χ0) is 11.5. The molecule has 0 atom stereocenters. The molecule has 82 valence electrons. The van der Waals surface area contributed by atoms with Crippen LogP contribution in [0.2, 0.25) is 0 Å². The lowest BCUT2D eigenvalue weighted by atomic mass is 10.1. The molecular formula is C9H6BrF3O2. The van der Waals surface area contributed by atoms with Crippen LogP contribution in [0.1, 0.15) is 15.9 Å². The number of rotatable bonds is 2. The molecule has 1 aromatic rings. The van der Waals surface area contributed by atoms with Gasteiger partial charge in [0.1, 0.15) is 0 Å². The standard InChI is InChI=1S/C9H6BrF3O2/c10-15-8(14)7-3-1-2-6(4-7)5-9(11,12)13/h1-4H,5H2. The molecule has 1 aromatic carbocycles. The Morgan fingerprint density at radius 3 is 2.60 bits per heavy atom. The van der Waals surface area contributed by atoms with Gasteiger partial charge in [-0.2, -0.15) is 13.2 Å². The summed E-state index contributed by atoms with van der Waals surface area (Å²) in [5, 5.41) is 0. The number of hydrogen-bond donors (Lipinski definition) is 0. The lowest BCUT2D eigenvalue weighted by molar-refractivity contribution is -0.127. The van der Waals surface area contributed by atoms with Crippen molar-refractivity contribution in [3.63, 3.8) is 0 Å². The summed E-state index contributed by atoms with van der Waals surface area (Å²) < 4.78 is 40.3. The molecule has 0 amide bonds. The van der Waals surface area contributed by atoms with Crippen LogP contribution in [0.4, 0.5) is 13.2 Å². The third kappa shape index (κ3) is 3.91. The van der Waals surface area contributed by atoms with E-state index in [1.54, 1.807) is 0 Å². The fourth-order valence-electron chi connectivity index (χ4n) is 1.08. The van der Waals surface area contributed by atoms with Crippen LogP contribution in [0.5, 0.6) is 0 Å². The highest BCUT2D eigenvalue weighted by atomic mass is 79.9. The van der Waals surface area contributed by atoms with Crippen LogP contribution in [0.3, 0.4) is 0 Å². The quantitative estimate of drug-likeness (QED) is 0.832. The van der Waals surface area contributed by atoms with Gasteiger partial charge in [-0.05, 0) is 17.7 Å². The Morgan fingerprint density at radius 2 is 2.07 bits per heavy atom. The van der Waals surface area contributed by atoms with E-state index in [1.807, 2.05) is 0 Å². The molecule has 0 bridgehead atoms. The molecule has 0 fully saturated rings. The van der Waals surface area contributed by atoms with E-state index >= 15 is 0 Å². The molecule has 0 saturated heterocycles. The predicted octanol–water partition coefficient (Wildman–Crippen LogP) is 3.26. The maximum atomic E-state index is 12.0. The van der Waals surface area contributed by atoms with E-state index in [0.717, 1.165) is 6.07 Å². The fraction of sp³-hybridized carbons (Fsp3) is 0.222. The zero-order valence-corrected chi connectivity index (χ0v) is 8.93. The predicted molar refractivity (Wildman–Crippen MR) is 50.5 cm³/mol. The first-order chi connectivity index (χ1) is 6.92. The van der Waals surface area contributed by atoms with Gasteiger partial charge in [-0.3, -0.25) is 0 Å². The Bertz CT molecular complexity index is 363. The first-order valence-corrected chi connectivity index (χ1v) is 4.56. The van der Waals surface area contributed by atoms with Crippen molar-refractivity contribution in [1.29, 1.82) is 0 Å². The minimum atomic E-state index is -4.28. The minimum absolute atomic E-state index is 0.0258. The monoisotopic (exact) mass is 282 g/mol. The number of alkyl halides is 3. The highest BCUT2D eigenvalue weighted by Gasteiger charge is 2.27. The van der Waals surface area contributed by atoms with Crippen LogP contribution in [0.15, 0.2) is 24.3 Å². The number of carbonyl (C=O) groups excluding carboxylic acids is 1. The fourth-order valence-corrected chi connectivity index (χ4v) is 1.27. The molecule has 0 aromatic heterocycles. The van der Waals surface area contributed by atoms with E-state index < -0.39 is 18.6 Å². The summed E-state index contributed by atoms with van der Waals surface area (Å²) in [6.07, 6.45) is -5.34. The molecule has 0 heterocycles. The summed E-state index contributed by atoms with van der Waals surface area (Å²) >= 11 is 2.47. The van der Waals surface area contributed by atoms with E-state index in [0.29, 0.717) is 0 Å². The van der Waals surface area contributed by atoms with Gasteiger partial charge < -0.3 is 3.83 Å². The Hall–Kier alpha value is -1.04. The van der Waals surface area contributed by atoms with Crippen molar-refractivity contribution in [2.75, 3.05) is 0 Å². The van der Waals surface area contributed by atoms with Gasteiger partial charge in [-0.1, -0.05) is 12.1 Å². The van der Waals surface area contributed by atoms with Crippen LogP contribution in [-0.4, -0.2) is 12.1 Å². The van der Waals surface area contributed by atoms with Crippen molar-refractivity contribution < 1.29 is 21.8 Å². The van der Waals surface area contributed by atoms with Gasteiger partial charge >= 0.3 is 12.1 Å². The van der Waals surface area contributed by atoms with Gasteiger partial charge in [0.15, 0.2) is 16.3 Å². The topological polar surface area (TPSA) is 26.3 Å². The van der Waals surface area contributed by atoms with E-state index in [4.69, 9.17) is 0 Å². The van der Waals surface area contributed by atoms with Gasteiger partial charge in [0.05, 0.1) is 12.0 Å². The van der Waals surface area contributed by atoms with E-state index in [2.05, 4.69) is 20.1 Å². The first-order valence-electron chi connectivity index (χ1n) is 3.91. The molecule has 2 nitrogen and oxygen atoms in total. The van der Waals surface area contributed by atoms with Crippen molar-refractivity contribution in [1.82, 2.24) is 0 Å².